The van der Waals surface area contributed by atoms with Crippen molar-refractivity contribution in [2.24, 2.45) is 34.5 Å². The van der Waals surface area contributed by atoms with Gasteiger partial charge in [0, 0.05) is 6.54 Å². The summed E-state index contributed by atoms with van der Waals surface area (Å²) in [5, 5.41) is 0. The molecule has 4 heteroatoms. The zero-order valence-corrected chi connectivity index (χ0v) is 22.4. The van der Waals surface area contributed by atoms with Crippen LogP contribution in [-0.4, -0.2) is 50.5 Å². The molecule has 0 radical (unpaired) electrons. The topological polar surface area (TPSA) is 34.8 Å². The van der Waals surface area contributed by atoms with Crippen LogP contribution in [0.15, 0.2) is 23.0 Å². The van der Waals surface area contributed by atoms with Gasteiger partial charge in [-0.05, 0) is 136 Å². The number of ether oxygens (including phenoxy) is 2. The first kappa shape index (κ1) is 24.5. The fourth-order valence-corrected chi connectivity index (χ4v) is 9.97. The maximum absolute atomic E-state index is 6.38. The van der Waals surface area contributed by atoms with E-state index in [-0.39, 0.29) is 0 Å². The first-order valence-corrected chi connectivity index (χ1v) is 15.0. The van der Waals surface area contributed by atoms with E-state index in [9.17, 15) is 0 Å². The molecule has 1 aromatic rings. The van der Waals surface area contributed by atoms with Crippen LogP contribution in [0.1, 0.15) is 96.0 Å². The Hall–Kier alpha value is -0.840. The fraction of sp³-hybridized carbons (Fsp3) is 0.871. The number of rotatable bonds is 8. The van der Waals surface area contributed by atoms with E-state index in [0.717, 1.165) is 50.0 Å². The Bertz CT molecular complexity index is 819. The summed E-state index contributed by atoms with van der Waals surface area (Å²) >= 11 is 0. The van der Waals surface area contributed by atoms with Crippen molar-refractivity contribution in [2.75, 3.05) is 39.5 Å². The molecule has 1 saturated heterocycles. The Balaban J connectivity index is 1.00. The van der Waals surface area contributed by atoms with Crippen molar-refractivity contribution in [3.63, 3.8) is 0 Å². The van der Waals surface area contributed by atoms with Gasteiger partial charge < -0.3 is 18.8 Å². The second-order valence-corrected chi connectivity index (χ2v) is 13.3. The number of likely N-dealkylation sites (tertiary alicyclic amines) is 1. The SMILES string of the molecule is C[C@]12CCC(OCCOCCN3CCCC3)CC1CC[C@@H]1[C@H]2CC[C@]2(C)C(c3ccoc3)CC[C@@H]12. The summed E-state index contributed by atoms with van der Waals surface area (Å²) in [6, 6.07) is 2.24. The predicted molar refractivity (Wildman–Crippen MR) is 139 cm³/mol. The van der Waals surface area contributed by atoms with Gasteiger partial charge in [0.1, 0.15) is 0 Å². The Morgan fingerprint density at radius 1 is 0.914 bits per heavy atom. The first-order valence-electron chi connectivity index (χ1n) is 15.0. The van der Waals surface area contributed by atoms with Gasteiger partial charge in [-0.15, -0.1) is 0 Å². The molecule has 4 aliphatic carbocycles. The van der Waals surface area contributed by atoms with Crippen LogP contribution in [0.4, 0.5) is 0 Å². The van der Waals surface area contributed by atoms with Crippen LogP contribution < -0.4 is 0 Å². The Kier molecular flexibility index (Phi) is 7.10. The molecule has 0 bridgehead atoms. The molecule has 196 valence electrons. The van der Waals surface area contributed by atoms with Crippen LogP contribution in [0.3, 0.4) is 0 Å². The lowest BCUT2D eigenvalue weighted by atomic mass is 9.44. The molecule has 5 aliphatic rings. The molecule has 0 spiro atoms. The molecule has 3 unspecified atom stereocenters. The average Bonchev–Trinajstić information content (AvgIpc) is 3.62. The van der Waals surface area contributed by atoms with Crippen LogP contribution in [0, 0.1) is 34.5 Å². The van der Waals surface area contributed by atoms with Gasteiger partial charge in [-0.2, -0.15) is 0 Å². The number of nitrogens with zero attached hydrogens (tertiary/aromatic N) is 1. The van der Waals surface area contributed by atoms with Crippen molar-refractivity contribution in [3.8, 4) is 0 Å². The molecule has 5 fully saturated rings. The van der Waals surface area contributed by atoms with Gasteiger partial charge in [-0.1, -0.05) is 13.8 Å². The van der Waals surface area contributed by atoms with E-state index in [1.54, 1.807) is 0 Å². The minimum atomic E-state index is 0.456. The second-order valence-electron chi connectivity index (χ2n) is 13.3. The van der Waals surface area contributed by atoms with Crippen molar-refractivity contribution in [2.45, 2.75) is 96.5 Å². The minimum absolute atomic E-state index is 0.456. The molecule has 6 rings (SSSR count). The molecule has 0 N–H and O–H groups in total. The van der Waals surface area contributed by atoms with Gasteiger partial charge in [0.2, 0.25) is 0 Å². The zero-order valence-electron chi connectivity index (χ0n) is 22.4. The van der Waals surface area contributed by atoms with E-state index in [2.05, 4.69) is 24.8 Å². The molecule has 35 heavy (non-hydrogen) atoms. The van der Waals surface area contributed by atoms with Crippen LogP contribution in [0.25, 0.3) is 0 Å². The molecule has 1 aliphatic heterocycles. The van der Waals surface area contributed by atoms with E-state index >= 15 is 0 Å². The highest BCUT2D eigenvalue weighted by Crippen LogP contribution is 2.69. The van der Waals surface area contributed by atoms with Crippen LogP contribution in [0.2, 0.25) is 0 Å². The van der Waals surface area contributed by atoms with Gasteiger partial charge in [0.25, 0.3) is 0 Å². The molecule has 8 atom stereocenters. The fourth-order valence-electron chi connectivity index (χ4n) is 9.97. The highest BCUT2D eigenvalue weighted by Gasteiger charge is 2.60. The maximum Gasteiger partial charge on any atom is 0.0937 e. The van der Waals surface area contributed by atoms with Crippen molar-refractivity contribution in [1.29, 1.82) is 0 Å². The van der Waals surface area contributed by atoms with Gasteiger partial charge in [0.05, 0.1) is 38.5 Å². The Labute approximate surface area is 213 Å². The Morgan fingerprint density at radius 2 is 1.74 bits per heavy atom. The second kappa shape index (κ2) is 10.1. The lowest BCUT2D eigenvalue weighted by molar-refractivity contribution is -0.133. The number of hydrogen-bond donors (Lipinski definition) is 0. The molecular formula is C31H49NO3. The molecule has 4 nitrogen and oxygen atoms in total. The maximum atomic E-state index is 6.38. The lowest BCUT2D eigenvalue weighted by Crippen LogP contribution is -2.53. The highest BCUT2D eigenvalue weighted by atomic mass is 16.5. The average molecular weight is 484 g/mol. The van der Waals surface area contributed by atoms with Crippen LogP contribution >= 0.6 is 0 Å². The largest absolute Gasteiger partial charge is 0.472 e. The number of fused-ring (bicyclic) bond motifs is 5. The summed E-state index contributed by atoms with van der Waals surface area (Å²) in [6.07, 6.45) is 19.5. The Morgan fingerprint density at radius 3 is 2.57 bits per heavy atom. The van der Waals surface area contributed by atoms with E-state index < -0.39 is 0 Å². The molecule has 4 saturated carbocycles. The van der Waals surface area contributed by atoms with Gasteiger partial charge in [-0.25, -0.2) is 0 Å². The monoisotopic (exact) mass is 483 g/mol. The third-order valence-corrected chi connectivity index (χ3v) is 11.9. The first-order chi connectivity index (χ1) is 17.1. The van der Waals surface area contributed by atoms with Gasteiger partial charge in [0.15, 0.2) is 0 Å². The van der Waals surface area contributed by atoms with Crippen LogP contribution in [-0.2, 0) is 9.47 Å². The summed E-state index contributed by atoms with van der Waals surface area (Å²) in [4.78, 5) is 2.52. The zero-order chi connectivity index (χ0) is 23.9. The normalized spacial score (nSPS) is 43.6. The van der Waals surface area contributed by atoms with E-state index in [4.69, 9.17) is 13.9 Å². The minimum Gasteiger partial charge on any atom is -0.472 e. The van der Waals surface area contributed by atoms with Crippen molar-refractivity contribution >= 4 is 0 Å². The summed E-state index contributed by atoms with van der Waals surface area (Å²) in [6.45, 7) is 11.3. The van der Waals surface area contributed by atoms with E-state index in [1.807, 2.05) is 12.5 Å². The third-order valence-electron chi connectivity index (χ3n) is 11.9. The van der Waals surface area contributed by atoms with Crippen LogP contribution in [0.5, 0.6) is 0 Å². The number of hydrogen-bond acceptors (Lipinski definition) is 4. The predicted octanol–water partition coefficient (Wildman–Crippen LogP) is 6.90. The summed E-state index contributed by atoms with van der Waals surface area (Å²) in [5.41, 5.74) is 2.47. The molecular weight excluding hydrogens is 434 g/mol. The molecule has 0 amide bonds. The van der Waals surface area contributed by atoms with Crippen molar-refractivity contribution < 1.29 is 13.9 Å². The van der Waals surface area contributed by atoms with Crippen molar-refractivity contribution in [3.05, 3.63) is 24.2 Å². The standard InChI is InChI=1S/C31H49NO3/c1-30-12-9-25(35-20-19-33-18-16-32-14-3-4-15-32)21-24(30)5-6-26-28-8-7-27(23-11-17-34-22-23)31(28,2)13-10-29(26)30/h11,17,22,24-29H,3-10,12-16,18-21H2,1-2H3/t24?,25?,26-,27?,28-,29+,30-,31+/m0/s1. The van der Waals surface area contributed by atoms with Gasteiger partial charge >= 0.3 is 0 Å². The smallest absolute Gasteiger partial charge is 0.0937 e. The van der Waals surface area contributed by atoms with E-state index in [0.29, 0.717) is 22.9 Å². The highest BCUT2D eigenvalue weighted by molar-refractivity contribution is 5.22. The van der Waals surface area contributed by atoms with Gasteiger partial charge in [-0.3, -0.25) is 0 Å². The van der Waals surface area contributed by atoms with Crippen molar-refractivity contribution in [1.82, 2.24) is 4.90 Å². The summed E-state index contributed by atoms with van der Waals surface area (Å²) in [5.74, 6) is 4.34. The summed E-state index contributed by atoms with van der Waals surface area (Å²) < 4.78 is 17.8. The quantitative estimate of drug-likeness (QED) is 0.377. The molecule has 0 aromatic carbocycles. The van der Waals surface area contributed by atoms with E-state index in [1.165, 1.54) is 89.3 Å². The third kappa shape index (κ3) is 4.55. The number of furan rings is 1. The molecule has 2 heterocycles. The summed E-state index contributed by atoms with van der Waals surface area (Å²) in [7, 11) is 0. The lowest BCUT2D eigenvalue weighted by Gasteiger charge is -2.61. The molecule has 1 aromatic heterocycles.